The van der Waals surface area contributed by atoms with E-state index in [1.54, 1.807) is 0 Å². The molecule has 0 radical (unpaired) electrons. The molecule has 0 N–H and O–H groups in total. The number of carbonyl (C=O) groups excluding carboxylic acids is 2. The molecule has 2 aromatic heterocycles. The number of fused-ring (bicyclic) bond motifs is 1. The van der Waals surface area contributed by atoms with E-state index in [2.05, 4.69) is 11.6 Å². The Balaban J connectivity index is 2.53. The van der Waals surface area contributed by atoms with Gasteiger partial charge in [-0.2, -0.15) is 26.3 Å². The van der Waals surface area contributed by atoms with Crippen molar-refractivity contribution >= 4 is 29.1 Å². The smallest absolute Gasteiger partial charge is 0.390 e. The van der Waals surface area contributed by atoms with E-state index in [0.29, 0.717) is 0 Å². The van der Waals surface area contributed by atoms with E-state index in [4.69, 9.17) is 9.47 Å². The summed E-state index contributed by atoms with van der Waals surface area (Å²) in [6, 6.07) is 8.89. The molecule has 0 aliphatic carbocycles. The third-order valence-electron chi connectivity index (χ3n) is 5.04. The maximum absolute atomic E-state index is 15.4. The maximum atomic E-state index is 15.4. The van der Waals surface area contributed by atoms with Crippen molar-refractivity contribution in [3.05, 3.63) is 65.4 Å². The summed E-state index contributed by atoms with van der Waals surface area (Å²) in [6.07, 6.45) is 1.06. The largest absolute Gasteiger partial charge is 0.462 e. The number of halogens is 7. The molecule has 0 bridgehead atoms. The summed E-state index contributed by atoms with van der Waals surface area (Å²) < 4.78 is 97.5. The predicted molar refractivity (Wildman–Crippen MR) is 114 cm³/mol. The van der Waals surface area contributed by atoms with Crippen molar-refractivity contribution in [2.24, 2.45) is 0 Å². The lowest BCUT2D eigenvalue weighted by Crippen LogP contribution is -2.50. The second-order valence-corrected chi connectivity index (χ2v) is 7.70. The summed E-state index contributed by atoms with van der Waals surface area (Å²) in [4.78, 5) is 25.0. The number of esters is 2. The van der Waals surface area contributed by atoms with E-state index < -0.39 is 51.5 Å². The molecule has 2 heterocycles. The summed E-state index contributed by atoms with van der Waals surface area (Å²) in [6.45, 7) is 2.46. The van der Waals surface area contributed by atoms with Gasteiger partial charge in [-0.05, 0) is 43.1 Å². The van der Waals surface area contributed by atoms with E-state index in [-0.39, 0.29) is 24.3 Å². The van der Waals surface area contributed by atoms with Gasteiger partial charge in [0.15, 0.2) is 0 Å². The van der Waals surface area contributed by atoms with Crippen LogP contribution in [0.15, 0.2) is 48.7 Å². The van der Waals surface area contributed by atoms with Crippen LogP contribution in [0.2, 0.25) is 0 Å². The van der Waals surface area contributed by atoms with Gasteiger partial charge in [-0.1, -0.05) is 30.3 Å². The van der Waals surface area contributed by atoms with Crippen molar-refractivity contribution in [2.45, 2.75) is 31.1 Å². The zero-order valence-electron chi connectivity index (χ0n) is 18.3. The highest BCUT2D eigenvalue weighted by Gasteiger charge is 2.73. The van der Waals surface area contributed by atoms with E-state index in [1.165, 1.54) is 44.2 Å². The molecule has 0 unspecified atom stereocenters. The van der Waals surface area contributed by atoms with Crippen molar-refractivity contribution in [2.75, 3.05) is 13.2 Å². The second kappa shape index (κ2) is 9.44. The molecule has 3 rings (SSSR count). The molecule has 0 spiro atoms. The number of aromatic nitrogens is 1. The van der Waals surface area contributed by atoms with Gasteiger partial charge in [-0.15, -0.1) is 0 Å². The van der Waals surface area contributed by atoms with Crippen LogP contribution in [0.4, 0.5) is 26.3 Å². The minimum Gasteiger partial charge on any atom is -0.462 e. The molecular formula is C23H18ClF6NO4. The second-order valence-electron chi connectivity index (χ2n) is 7.22. The van der Waals surface area contributed by atoms with Crippen molar-refractivity contribution in [3.8, 4) is 11.3 Å². The van der Waals surface area contributed by atoms with Crippen LogP contribution in [0.1, 0.15) is 40.1 Å². The third-order valence-corrected chi connectivity index (χ3v) is 5.28. The number of alkyl halides is 7. The molecule has 0 saturated carbocycles. The van der Waals surface area contributed by atoms with Crippen LogP contribution in [0.5, 0.6) is 0 Å². The first-order chi connectivity index (χ1) is 16.3. The van der Waals surface area contributed by atoms with Crippen molar-refractivity contribution in [3.63, 3.8) is 0 Å². The van der Waals surface area contributed by atoms with Gasteiger partial charge in [0.25, 0.3) is 0 Å². The van der Waals surface area contributed by atoms with Crippen LogP contribution in [-0.2, 0) is 15.4 Å². The lowest BCUT2D eigenvalue weighted by atomic mass is 9.94. The molecule has 188 valence electrons. The van der Waals surface area contributed by atoms with Crippen LogP contribution in [0.3, 0.4) is 0 Å². The summed E-state index contributed by atoms with van der Waals surface area (Å²) >= 11 is 4.40. The zero-order valence-corrected chi connectivity index (χ0v) is 19.0. The average molecular weight is 522 g/mol. The lowest BCUT2D eigenvalue weighted by molar-refractivity contribution is -0.286. The maximum Gasteiger partial charge on any atom is 0.390 e. The molecule has 0 saturated heterocycles. The molecule has 0 fully saturated rings. The number of hydrogen-bond donors (Lipinski definition) is 0. The Bertz CT molecular complexity index is 1250. The topological polar surface area (TPSA) is 57.0 Å². The number of nitrogens with zero attached hydrogens (tertiary/aromatic N) is 1. The zero-order chi connectivity index (χ0) is 26.2. The van der Waals surface area contributed by atoms with Gasteiger partial charge in [-0.3, -0.25) is 0 Å². The van der Waals surface area contributed by atoms with Gasteiger partial charge < -0.3 is 13.9 Å². The molecule has 5 nitrogen and oxygen atoms in total. The Kier molecular flexibility index (Phi) is 7.12. The number of hydrogen-bond acceptors (Lipinski definition) is 4. The van der Waals surface area contributed by atoms with Gasteiger partial charge in [0.2, 0.25) is 0 Å². The fourth-order valence-electron chi connectivity index (χ4n) is 3.53. The molecule has 3 aromatic rings. The summed E-state index contributed by atoms with van der Waals surface area (Å²) in [5, 5.41) is -5.68. The third kappa shape index (κ3) is 4.44. The Labute approximate surface area is 200 Å². The van der Waals surface area contributed by atoms with E-state index in [9.17, 15) is 27.2 Å². The number of pyridine rings is 1. The molecule has 35 heavy (non-hydrogen) atoms. The highest BCUT2D eigenvalue weighted by Crippen LogP contribution is 2.56. The standard InChI is InChI=1S/C23H18ClF6NO4/c1-3-34-19(32)14-10-11-31-15(12-14)16(20(33)35-4-2)17(18(31)13-8-6-5-7-9-13)21(25,26)22(27,28)23(24,29)30/h5-12H,3-4H2,1-2H3. The normalized spacial score (nSPS) is 12.6. The summed E-state index contributed by atoms with van der Waals surface area (Å²) in [7, 11) is 0. The van der Waals surface area contributed by atoms with Crippen LogP contribution in [-0.4, -0.2) is 40.9 Å². The molecule has 1 aromatic carbocycles. The number of rotatable bonds is 8. The van der Waals surface area contributed by atoms with Crippen molar-refractivity contribution in [1.82, 2.24) is 4.40 Å². The van der Waals surface area contributed by atoms with E-state index in [1.807, 2.05) is 0 Å². The van der Waals surface area contributed by atoms with Gasteiger partial charge in [0.05, 0.1) is 41.1 Å². The Hall–Kier alpha value is -3.21. The minimum atomic E-state index is -6.12. The number of carbonyl (C=O) groups is 2. The monoisotopic (exact) mass is 521 g/mol. The fourth-order valence-corrected chi connectivity index (χ4v) is 3.64. The molecular weight excluding hydrogens is 504 g/mol. The summed E-state index contributed by atoms with van der Waals surface area (Å²) in [5.41, 5.74) is -4.31. The van der Waals surface area contributed by atoms with Gasteiger partial charge in [-0.25, -0.2) is 9.59 Å². The molecule has 0 amide bonds. The first-order valence-corrected chi connectivity index (χ1v) is 10.6. The SMILES string of the molecule is CCOC(=O)c1ccn2c(-c3ccccc3)c(C(F)(F)C(F)(F)C(F)(F)Cl)c(C(=O)OCC)c2c1. The quantitative estimate of drug-likeness (QED) is 0.192. The molecule has 0 aliphatic rings. The Morgan fingerprint density at radius 1 is 0.914 bits per heavy atom. The van der Waals surface area contributed by atoms with Crippen molar-refractivity contribution < 1.29 is 45.4 Å². The average Bonchev–Trinajstić information content (AvgIpc) is 3.14. The molecule has 0 aliphatic heterocycles. The Morgan fingerprint density at radius 2 is 1.49 bits per heavy atom. The fraction of sp³-hybridized carbons (Fsp3) is 0.304. The number of benzene rings is 1. The predicted octanol–water partition coefficient (Wildman–Crippen LogP) is 6.52. The van der Waals surface area contributed by atoms with Crippen LogP contribution < -0.4 is 0 Å². The van der Waals surface area contributed by atoms with Crippen LogP contribution >= 0.6 is 11.6 Å². The molecule has 0 atom stereocenters. The Morgan fingerprint density at radius 3 is 2.03 bits per heavy atom. The number of ether oxygens (including phenoxy) is 2. The lowest BCUT2D eigenvalue weighted by Gasteiger charge is -2.30. The van der Waals surface area contributed by atoms with Crippen molar-refractivity contribution in [1.29, 1.82) is 0 Å². The van der Waals surface area contributed by atoms with Gasteiger partial charge in [0, 0.05) is 6.20 Å². The first-order valence-electron chi connectivity index (χ1n) is 10.2. The molecule has 12 heteroatoms. The highest BCUT2D eigenvalue weighted by atomic mass is 35.5. The first kappa shape index (κ1) is 26.4. The van der Waals surface area contributed by atoms with E-state index in [0.717, 1.165) is 22.7 Å². The van der Waals surface area contributed by atoms with Gasteiger partial charge >= 0.3 is 29.2 Å². The van der Waals surface area contributed by atoms with Crippen LogP contribution in [0.25, 0.3) is 16.8 Å². The summed E-state index contributed by atoms with van der Waals surface area (Å²) in [5.74, 6) is -14.2. The van der Waals surface area contributed by atoms with Gasteiger partial charge in [0.1, 0.15) is 0 Å². The highest BCUT2D eigenvalue weighted by molar-refractivity contribution is 6.22. The van der Waals surface area contributed by atoms with E-state index >= 15 is 8.78 Å². The minimum absolute atomic E-state index is 0.0363. The van der Waals surface area contributed by atoms with Crippen LogP contribution in [0, 0.1) is 0 Å².